The number of carbonyl (C=O) groups excluding carboxylic acids is 1. The minimum Gasteiger partial charge on any atom is -0.457 e. The fourth-order valence-corrected chi connectivity index (χ4v) is 3.41. The molecule has 12 heteroatoms. The molecule has 0 bridgehead atoms. The first-order valence-electron chi connectivity index (χ1n) is 11.2. The summed E-state index contributed by atoms with van der Waals surface area (Å²) in [7, 11) is 0. The second-order valence-corrected chi connectivity index (χ2v) is 7.91. The van der Waals surface area contributed by atoms with Gasteiger partial charge in [-0.15, -0.1) is 0 Å². The first kappa shape index (κ1) is 27.8. The summed E-state index contributed by atoms with van der Waals surface area (Å²) in [5.74, 6) is -2.05. The molecule has 0 saturated heterocycles. The molecule has 0 aliphatic heterocycles. The van der Waals surface area contributed by atoms with Crippen LogP contribution in [0.3, 0.4) is 0 Å². The van der Waals surface area contributed by atoms with Crippen molar-refractivity contribution in [1.82, 2.24) is 15.0 Å². The van der Waals surface area contributed by atoms with E-state index < -0.39 is 45.4 Å². The van der Waals surface area contributed by atoms with Crippen molar-refractivity contribution in [3.05, 3.63) is 123 Å². The Bertz CT molecular complexity index is 1380. The Labute approximate surface area is 215 Å². The van der Waals surface area contributed by atoms with E-state index in [1.807, 2.05) is 0 Å². The number of halogens is 3. The highest BCUT2D eigenvalue weighted by atomic mass is 19.4. The van der Waals surface area contributed by atoms with E-state index in [1.54, 1.807) is 30.3 Å². The molecule has 2 aromatic carbocycles. The lowest BCUT2D eigenvalue weighted by Gasteiger charge is -2.18. The summed E-state index contributed by atoms with van der Waals surface area (Å²) in [5, 5.41) is 19.4. The minimum atomic E-state index is -4.80. The Morgan fingerprint density at radius 2 is 1.79 bits per heavy atom. The number of aromatic nitrogens is 3. The van der Waals surface area contributed by atoms with Gasteiger partial charge in [-0.3, -0.25) is 10.1 Å². The van der Waals surface area contributed by atoms with E-state index in [4.69, 9.17) is 9.47 Å². The Hall–Kier alpha value is -4.74. The van der Waals surface area contributed by atoms with Gasteiger partial charge in [-0.05, 0) is 43.2 Å². The van der Waals surface area contributed by atoms with E-state index >= 15 is 0 Å². The lowest BCUT2D eigenvalue weighted by molar-refractivity contribution is -0.420. The smallest absolute Gasteiger partial charge is 0.419 e. The standard InChI is InChI=1S/C26H23F3N4O5/c1-4-22(33(35)36)24(25(34)37-16-19-8-6-5-7-9-19)17(2)18(3)38-23-11-10-20(14-21(23)26(27,28)29)15-32-30-12-13-31-32/h4-14H,3,15-16H2,1-2H3/b22-4+,24-17+. The van der Waals surface area contributed by atoms with Gasteiger partial charge in [-0.25, -0.2) is 4.79 Å². The molecule has 198 valence electrons. The third-order valence-corrected chi connectivity index (χ3v) is 5.31. The minimum absolute atomic E-state index is 0.0128. The summed E-state index contributed by atoms with van der Waals surface area (Å²) in [6, 6.07) is 12.0. The molecular formula is C26H23F3N4O5. The quantitative estimate of drug-likeness (QED) is 0.0856. The zero-order valence-corrected chi connectivity index (χ0v) is 20.4. The predicted octanol–water partition coefficient (Wildman–Crippen LogP) is 5.48. The van der Waals surface area contributed by atoms with Crippen LogP contribution in [0.15, 0.2) is 96.2 Å². The molecule has 0 unspecified atom stereocenters. The Balaban J connectivity index is 1.94. The molecule has 3 aromatic rings. The van der Waals surface area contributed by atoms with Crippen molar-refractivity contribution in [2.75, 3.05) is 0 Å². The molecule has 0 radical (unpaired) electrons. The number of esters is 1. The second kappa shape index (κ2) is 12.0. The monoisotopic (exact) mass is 528 g/mol. The molecule has 0 spiro atoms. The van der Waals surface area contributed by atoms with Gasteiger partial charge in [0.1, 0.15) is 23.7 Å². The highest BCUT2D eigenvalue weighted by Crippen LogP contribution is 2.38. The van der Waals surface area contributed by atoms with Crippen LogP contribution in [0.4, 0.5) is 13.2 Å². The van der Waals surface area contributed by atoms with Crippen LogP contribution in [-0.2, 0) is 28.9 Å². The van der Waals surface area contributed by atoms with Gasteiger partial charge in [0, 0.05) is 5.57 Å². The van der Waals surface area contributed by atoms with Gasteiger partial charge in [-0.2, -0.15) is 28.2 Å². The molecular weight excluding hydrogens is 505 g/mol. The molecule has 1 aromatic heterocycles. The van der Waals surface area contributed by atoms with Crippen LogP contribution in [0.25, 0.3) is 0 Å². The maximum absolute atomic E-state index is 13.9. The molecule has 38 heavy (non-hydrogen) atoms. The zero-order valence-electron chi connectivity index (χ0n) is 20.4. The van der Waals surface area contributed by atoms with Crippen LogP contribution in [0, 0.1) is 10.1 Å². The van der Waals surface area contributed by atoms with Crippen molar-refractivity contribution in [1.29, 1.82) is 0 Å². The number of carbonyl (C=O) groups is 1. The van der Waals surface area contributed by atoms with E-state index in [1.165, 1.54) is 37.1 Å². The fraction of sp³-hybridized carbons (Fsp3) is 0.192. The third kappa shape index (κ3) is 6.93. The van der Waals surface area contributed by atoms with Crippen molar-refractivity contribution < 1.29 is 32.4 Å². The van der Waals surface area contributed by atoms with Gasteiger partial charge in [0.15, 0.2) is 0 Å². The van der Waals surface area contributed by atoms with Gasteiger partial charge in [0.2, 0.25) is 0 Å². The molecule has 9 nitrogen and oxygen atoms in total. The molecule has 0 saturated carbocycles. The number of ether oxygens (including phenoxy) is 2. The first-order chi connectivity index (χ1) is 18.0. The molecule has 0 aliphatic rings. The fourth-order valence-electron chi connectivity index (χ4n) is 3.41. The van der Waals surface area contributed by atoms with E-state index in [9.17, 15) is 28.1 Å². The summed E-state index contributed by atoms with van der Waals surface area (Å²) >= 11 is 0. The molecule has 3 rings (SSSR count). The highest BCUT2D eigenvalue weighted by Gasteiger charge is 2.36. The van der Waals surface area contributed by atoms with Crippen molar-refractivity contribution in [2.45, 2.75) is 33.2 Å². The number of rotatable bonds is 10. The number of hydrogen-bond acceptors (Lipinski definition) is 7. The van der Waals surface area contributed by atoms with E-state index in [-0.39, 0.29) is 24.3 Å². The molecule has 0 N–H and O–H groups in total. The normalized spacial score (nSPS) is 12.5. The van der Waals surface area contributed by atoms with Gasteiger partial charge >= 0.3 is 12.1 Å². The number of nitro groups is 1. The van der Waals surface area contributed by atoms with Crippen molar-refractivity contribution in [3.63, 3.8) is 0 Å². The molecule has 1 heterocycles. The topological polar surface area (TPSA) is 109 Å². The van der Waals surface area contributed by atoms with E-state index in [0.717, 1.165) is 18.2 Å². The Kier molecular flexibility index (Phi) is 8.79. The molecule has 0 aliphatic carbocycles. The van der Waals surface area contributed by atoms with Crippen LogP contribution in [-0.4, -0.2) is 25.9 Å². The number of allylic oxidation sites excluding steroid dienone is 2. The van der Waals surface area contributed by atoms with Crippen molar-refractivity contribution in [3.8, 4) is 5.75 Å². The van der Waals surface area contributed by atoms with E-state index in [0.29, 0.717) is 5.56 Å². The summed E-state index contributed by atoms with van der Waals surface area (Å²) in [4.78, 5) is 25.0. The largest absolute Gasteiger partial charge is 0.457 e. The maximum atomic E-state index is 13.9. The summed E-state index contributed by atoms with van der Waals surface area (Å²) in [5.41, 5.74) is -1.47. The third-order valence-electron chi connectivity index (χ3n) is 5.31. The van der Waals surface area contributed by atoms with Crippen LogP contribution in [0.1, 0.15) is 30.5 Å². The van der Waals surface area contributed by atoms with Crippen LogP contribution < -0.4 is 4.74 Å². The number of benzene rings is 2. The van der Waals surface area contributed by atoms with Gasteiger partial charge < -0.3 is 9.47 Å². The predicted molar refractivity (Wildman–Crippen MR) is 130 cm³/mol. The highest BCUT2D eigenvalue weighted by molar-refractivity contribution is 5.94. The van der Waals surface area contributed by atoms with E-state index in [2.05, 4.69) is 16.8 Å². The lowest BCUT2D eigenvalue weighted by Crippen LogP contribution is -2.18. The van der Waals surface area contributed by atoms with Crippen LogP contribution in [0.5, 0.6) is 5.75 Å². The Morgan fingerprint density at radius 3 is 2.37 bits per heavy atom. The van der Waals surface area contributed by atoms with Gasteiger partial charge in [0.05, 0.1) is 29.4 Å². The summed E-state index contributed by atoms with van der Waals surface area (Å²) in [6.07, 6.45) is -0.927. The van der Waals surface area contributed by atoms with Crippen molar-refractivity contribution >= 4 is 5.97 Å². The average Bonchev–Trinajstić information content (AvgIpc) is 3.39. The molecule has 0 fully saturated rings. The van der Waals surface area contributed by atoms with Crippen LogP contribution >= 0.6 is 0 Å². The zero-order chi connectivity index (χ0) is 27.9. The SMILES string of the molecule is C=C(Oc1ccc(Cn2nccn2)cc1C(F)(F)F)/C(C)=C(C(=O)OCc1ccccc1)\C(=C/C)[N+](=O)[O-]. The van der Waals surface area contributed by atoms with Crippen LogP contribution in [0.2, 0.25) is 0 Å². The number of hydrogen-bond donors (Lipinski definition) is 0. The maximum Gasteiger partial charge on any atom is 0.419 e. The Morgan fingerprint density at radius 1 is 1.13 bits per heavy atom. The van der Waals surface area contributed by atoms with Gasteiger partial charge in [-0.1, -0.05) is 43.0 Å². The summed E-state index contributed by atoms with van der Waals surface area (Å²) < 4.78 is 52.3. The number of alkyl halides is 3. The number of nitrogens with zero attached hydrogens (tertiary/aromatic N) is 4. The molecule has 0 atom stereocenters. The second-order valence-electron chi connectivity index (χ2n) is 7.91. The summed E-state index contributed by atoms with van der Waals surface area (Å²) in [6.45, 7) is 6.05. The molecule has 0 amide bonds. The van der Waals surface area contributed by atoms with Gasteiger partial charge in [0.25, 0.3) is 5.70 Å². The first-order valence-corrected chi connectivity index (χ1v) is 11.2. The average molecular weight is 528 g/mol. The van der Waals surface area contributed by atoms with Crippen molar-refractivity contribution in [2.24, 2.45) is 0 Å². The lowest BCUT2D eigenvalue weighted by atomic mass is 10.0.